The fraction of sp³-hybridized carbons (Fsp3) is 0.176. The van der Waals surface area contributed by atoms with E-state index >= 15 is 0 Å². The summed E-state index contributed by atoms with van der Waals surface area (Å²) in [5.41, 5.74) is 6.18. The fourth-order valence-electron chi connectivity index (χ4n) is 2.69. The van der Waals surface area contributed by atoms with E-state index in [1.54, 1.807) is 24.3 Å². The SMILES string of the molecule is Cl.N[C@@H](c1c2ccccc2cc2ccccc12)C(F)(F)CO. The molecule has 3 aromatic carbocycles. The minimum absolute atomic E-state index is 0. The quantitative estimate of drug-likeness (QED) is 0.714. The summed E-state index contributed by atoms with van der Waals surface area (Å²) in [5.74, 6) is -3.37. The lowest BCUT2D eigenvalue weighted by molar-refractivity contribution is -0.0705. The Morgan fingerprint density at radius 3 is 1.86 bits per heavy atom. The number of rotatable bonds is 3. The number of nitrogens with two attached hydrogens (primary N) is 1. The maximum atomic E-state index is 13.9. The number of hydrogen-bond acceptors (Lipinski definition) is 2. The second-order valence-electron chi connectivity index (χ2n) is 5.13. The highest BCUT2D eigenvalue weighted by Gasteiger charge is 2.38. The molecule has 3 N–H and O–H groups in total. The van der Waals surface area contributed by atoms with Crippen LogP contribution in [0.5, 0.6) is 0 Å². The average Bonchev–Trinajstić information content (AvgIpc) is 2.51. The number of aliphatic hydroxyl groups is 1. The third kappa shape index (κ3) is 2.65. The molecule has 0 aliphatic heterocycles. The first-order chi connectivity index (χ1) is 10.0. The lowest BCUT2D eigenvalue weighted by Gasteiger charge is -2.24. The van der Waals surface area contributed by atoms with Crippen LogP contribution in [0.25, 0.3) is 21.5 Å². The van der Waals surface area contributed by atoms with Gasteiger partial charge in [0.15, 0.2) is 0 Å². The van der Waals surface area contributed by atoms with Gasteiger partial charge in [-0.2, -0.15) is 0 Å². The molecule has 0 radical (unpaired) electrons. The predicted molar refractivity (Wildman–Crippen MR) is 87.7 cm³/mol. The van der Waals surface area contributed by atoms with Gasteiger partial charge in [-0.1, -0.05) is 48.5 Å². The molecule has 0 amide bonds. The van der Waals surface area contributed by atoms with Gasteiger partial charge in [-0.15, -0.1) is 12.4 Å². The molecule has 0 saturated carbocycles. The van der Waals surface area contributed by atoms with Crippen LogP contribution >= 0.6 is 12.4 Å². The van der Waals surface area contributed by atoms with Gasteiger partial charge >= 0.3 is 0 Å². The molecule has 5 heteroatoms. The van der Waals surface area contributed by atoms with Crippen LogP contribution in [0.2, 0.25) is 0 Å². The Kier molecular flexibility index (Phi) is 4.66. The molecular formula is C17H16ClF2NO. The van der Waals surface area contributed by atoms with Crippen molar-refractivity contribution in [3.8, 4) is 0 Å². The van der Waals surface area contributed by atoms with Crippen molar-refractivity contribution in [1.82, 2.24) is 0 Å². The average molecular weight is 324 g/mol. The van der Waals surface area contributed by atoms with Crippen molar-refractivity contribution < 1.29 is 13.9 Å². The van der Waals surface area contributed by atoms with E-state index in [0.717, 1.165) is 10.8 Å². The third-order valence-electron chi connectivity index (χ3n) is 3.79. The van der Waals surface area contributed by atoms with E-state index in [0.29, 0.717) is 16.3 Å². The summed E-state index contributed by atoms with van der Waals surface area (Å²) in [5, 5.41) is 12.0. The Labute approximate surface area is 133 Å². The number of alkyl halides is 2. The molecule has 0 bridgehead atoms. The van der Waals surface area contributed by atoms with Gasteiger partial charge in [0.05, 0.1) is 6.04 Å². The Morgan fingerprint density at radius 1 is 0.955 bits per heavy atom. The summed E-state index contributed by atoms with van der Waals surface area (Å²) >= 11 is 0. The smallest absolute Gasteiger partial charge is 0.289 e. The number of fused-ring (bicyclic) bond motifs is 2. The van der Waals surface area contributed by atoms with E-state index in [1.165, 1.54) is 0 Å². The number of halogens is 3. The minimum Gasteiger partial charge on any atom is -0.390 e. The molecule has 3 rings (SSSR count). The van der Waals surface area contributed by atoms with Gasteiger partial charge in [0.2, 0.25) is 0 Å². The van der Waals surface area contributed by atoms with Gasteiger partial charge in [0, 0.05) is 0 Å². The molecule has 0 heterocycles. The molecule has 3 aromatic rings. The van der Waals surface area contributed by atoms with Crippen LogP contribution in [0.15, 0.2) is 54.6 Å². The van der Waals surface area contributed by atoms with Gasteiger partial charge in [0.25, 0.3) is 5.92 Å². The molecule has 1 atom stereocenters. The summed E-state index contributed by atoms with van der Waals surface area (Å²) in [4.78, 5) is 0. The van der Waals surface area contributed by atoms with E-state index in [1.807, 2.05) is 30.3 Å². The first-order valence-electron chi connectivity index (χ1n) is 6.69. The molecule has 0 fully saturated rings. The topological polar surface area (TPSA) is 46.2 Å². The summed E-state index contributed by atoms with van der Waals surface area (Å²) in [6.07, 6.45) is 0. The zero-order valence-corrected chi connectivity index (χ0v) is 12.5. The van der Waals surface area contributed by atoms with Crippen LogP contribution in [-0.4, -0.2) is 17.6 Å². The number of hydrogen-bond donors (Lipinski definition) is 2. The Hall–Kier alpha value is -1.75. The molecule has 0 aromatic heterocycles. The Morgan fingerprint density at radius 2 is 1.41 bits per heavy atom. The van der Waals surface area contributed by atoms with Crippen LogP contribution in [0, 0.1) is 0 Å². The van der Waals surface area contributed by atoms with Crippen LogP contribution in [0.1, 0.15) is 11.6 Å². The monoisotopic (exact) mass is 323 g/mol. The largest absolute Gasteiger partial charge is 0.390 e. The summed E-state index contributed by atoms with van der Waals surface area (Å²) in [7, 11) is 0. The number of benzene rings is 3. The lowest BCUT2D eigenvalue weighted by atomic mass is 9.90. The van der Waals surface area contributed by atoms with Crippen molar-refractivity contribution in [2.75, 3.05) is 6.61 Å². The maximum Gasteiger partial charge on any atom is 0.289 e. The normalized spacial score (nSPS) is 13.1. The first-order valence-corrected chi connectivity index (χ1v) is 6.69. The van der Waals surface area contributed by atoms with Gasteiger partial charge in [0.1, 0.15) is 6.61 Å². The predicted octanol–water partition coefficient (Wildman–Crippen LogP) is 4.04. The summed E-state index contributed by atoms with van der Waals surface area (Å²) in [6, 6.07) is 15.0. The maximum absolute atomic E-state index is 13.9. The zero-order chi connectivity index (χ0) is 15.0. The van der Waals surface area contributed by atoms with Crippen molar-refractivity contribution in [2.24, 2.45) is 5.73 Å². The molecule has 0 unspecified atom stereocenters. The highest BCUT2D eigenvalue weighted by molar-refractivity contribution is 6.02. The molecule has 0 spiro atoms. The van der Waals surface area contributed by atoms with Crippen molar-refractivity contribution in [1.29, 1.82) is 0 Å². The van der Waals surface area contributed by atoms with Crippen LogP contribution in [0.4, 0.5) is 8.78 Å². The van der Waals surface area contributed by atoms with E-state index < -0.39 is 18.6 Å². The van der Waals surface area contributed by atoms with Crippen molar-refractivity contribution in [3.63, 3.8) is 0 Å². The second kappa shape index (κ2) is 6.16. The minimum atomic E-state index is -3.37. The molecular weight excluding hydrogens is 308 g/mol. The third-order valence-corrected chi connectivity index (χ3v) is 3.79. The molecule has 0 aliphatic rings. The molecule has 116 valence electrons. The van der Waals surface area contributed by atoms with E-state index in [2.05, 4.69) is 0 Å². The number of aliphatic hydroxyl groups excluding tert-OH is 1. The van der Waals surface area contributed by atoms with Gasteiger partial charge < -0.3 is 10.8 Å². The Balaban J connectivity index is 0.00000176. The highest BCUT2D eigenvalue weighted by atomic mass is 35.5. The standard InChI is InChI=1S/C17H15F2NO.ClH/c18-17(19,10-21)16(20)15-13-7-3-1-5-11(13)9-12-6-2-4-8-14(12)15;/h1-9,16,21H,10,20H2;1H/t16-;/m0./s1. The fourth-order valence-corrected chi connectivity index (χ4v) is 2.69. The van der Waals surface area contributed by atoms with E-state index in [9.17, 15) is 8.78 Å². The van der Waals surface area contributed by atoms with E-state index in [4.69, 9.17) is 10.8 Å². The highest BCUT2D eigenvalue weighted by Crippen LogP contribution is 2.38. The van der Waals surface area contributed by atoms with Crippen molar-refractivity contribution in [3.05, 3.63) is 60.2 Å². The molecule has 2 nitrogen and oxygen atoms in total. The molecule has 22 heavy (non-hydrogen) atoms. The van der Waals surface area contributed by atoms with Crippen LogP contribution < -0.4 is 5.73 Å². The molecule has 0 saturated heterocycles. The Bertz CT molecular complexity index is 753. The van der Waals surface area contributed by atoms with Gasteiger partial charge in [-0.3, -0.25) is 0 Å². The van der Waals surface area contributed by atoms with E-state index in [-0.39, 0.29) is 12.4 Å². The van der Waals surface area contributed by atoms with Gasteiger partial charge in [-0.25, -0.2) is 8.78 Å². The summed E-state index contributed by atoms with van der Waals surface area (Å²) < 4.78 is 27.8. The van der Waals surface area contributed by atoms with Crippen LogP contribution in [-0.2, 0) is 0 Å². The second-order valence-corrected chi connectivity index (χ2v) is 5.13. The summed E-state index contributed by atoms with van der Waals surface area (Å²) in [6.45, 7) is -1.27. The zero-order valence-electron chi connectivity index (χ0n) is 11.7. The van der Waals surface area contributed by atoms with Crippen molar-refractivity contribution in [2.45, 2.75) is 12.0 Å². The molecule has 0 aliphatic carbocycles. The van der Waals surface area contributed by atoms with Crippen LogP contribution in [0.3, 0.4) is 0 Å². The first kappa shape index (κ1) is 16.6. The van der Waals surface area contributed by atoms with Gasteiger partial charge in [-0.05, 0) is 33.2 Å². The van der Waals surface area contributed by atoms with Crippen molar-refractivity contribution >= 4 is 34.0 Å². The lowest BCUT2D eigenvalue weighted by Crippen LogP contribution is -2.36.